The average molecular weight is 486 g/mol. The molecule has 4 atom stereocenters. The highest BCUT2D eigenvalue weighted by atomic mass is 19.4. The first kappa shape index (κ1) is 28.1. The summed E-state index contributed by atoms with van der Waals surface area (Å²) in [7, 11) is 1.98. The lowest BCUT2D eigenvalue weighted by Gasteiger charge is -2.46. The molecule has 2 unspecified atom stereocenters. The molecule has 0 aromatic carbocycles. The second-order valence-corrected chi connectivity index (χ2v) is 10.6. The van der Waals surface area contributed by atoms with E-state index in [9.17, 15) is 22.8 Å². The van der Waals surface area contributed by atoms with Gasteiger partial charge in [0, 0.05) is 19.3 Å². The van der Waals surface area contributed by atoms with Gasteiger partial charge in [0.05, 0.1) is 17.2 Å². The van der Waals surface area contributed by atoms with Gasteiger partial charge in [0.15, 0.2) is 0 Å². The van der Waals surface area contributed by atoms with Crippen molar-refractivity contribution in [3.63, 3.8) is 0 Å². The van der Waals surface area contributed by atoms with Crippen molar-refractivity contribution in [2.45, 2.75) is 78.7 Å². The van der Waals surface area contributed by atoms with Crippen LogP contribution in [-0.2, 0) is 20.9 Å². The van der Waals surface area contributed by atoms with Crippen LogP contribution < -0.4 is 0 Å². The number of amides is 1. The molecule has 0 N–H and O–H groups in total. The van der Waals surface area contributed by atoms with Gasteiger partial charge in [0.2, 0.25) is 5.91 Å². The topological polar surface area (TPSA) is 62.7 Å². The summed E-state index contributed by atoms with van der Waals surface area (Å²) in [5.41, 5.74) is 0.201. The third-order valence-corrected chi connectivity index (χ3v) is 6.24. The molecule has 2 rings (SSSR count). The summed E-state index contributed by atoms with van der Waals surface area (Å²) in [6.45, 7) is 10.4. The van der Waals surface area contributed by atoms with E-state index in [4.69, 9.17) is 4.74 Å². The number of aromatic nitrogens is 1. The fraction of sp³-hybridized carbons (Fsp3) is 0.720. The van der Waals surface area contributed by atoms with Crippen LogP contribution in [0.4, 0.5) is 13.2 Å². The number of carbonyl (C=O) groups is 2. The lowest BCUT2D eigenvalue weighted by Crippen LogP contribution is -2.57. The second-order valence-electron chi connectivity index (χ2n) is 10.6. The molecule has 6 nitrogen and oxygen atoms in total. The maximum atomic E-state index is 13.1. The number of halogens is 3. The summed E-state index contributed by atoms with van der Waals surface area (Å²) in [6, 6.07) is 5.14. The Hall–Kier alpha value is -2.16. The number of hydrogen-bond donors (Lipinski definition) is 0. The van der Waals surface area contributed by atoms with Crippen LogP contribution in [0, 0.1) is 17.3 Å². The lowest BCUT2D eigenvalue weighted by atomic mass is 9.80. The number of rotatable bonds is 8. The molecule has 0 saturated carbocycles. The molecule has 1 aromatic rings. The van der Waals surface area contributed by atoms with Crippen molar-refractivity contribution in [1.82, 2.24) is 14.8 Å². The average Bonchev–Trinajstić information content (AvgIpc) is 2.70. The third-order valence-electron chi connectivity index (χ3n) is 6.24. The number of alkyl halides is 3. The minimum atomic E-state index is -4.59. The third kappa shape index (κ3) is 8.56. The Morgan fingerprint density at radius 1 is 1.26 bits per heavy atom. The van der Waals surface area contributed by atoms with Crippen LogP contribution >= 0.6 is 0 Å². The molecule has 0 bridgehead atoms. The molecule has 0 spiro atoms. The van der Waals surface area contributed by atoms with Crippen molar-refractivity contribution in [3.05, 3.63) is 30.1 Å². The van der Waals surface area contributed by atoms with Gasteiger partial charge in [-0.05, 0) is 78.1 Å². The zero-order valence-corrected chi connectivity index (χ0v) is 21.1. The van der Waals surface area contributed by atoms with E-state index in [0.29, 0.717) is 6.54 Å². The zero-order valence-electron chi connectivity index (χ0n) is 21.1. The van der Waals surface area contributed by atoms with Crippen LogP contribution in [0.25, 0.3) is 0 Å². The Balaban J connectivity index is 2.09. The predicted octanol–water partition coefficient (Wildman–Crippen LogP) is 4.69. The molecular formula is C25H38F3N3O3. The molecule has 1 amide bonds. The molecule has 1 aliphatic heterocycles. The first-order chi connectivity index (χ1) is 15.7. The highest BCUT2D eigenvalue weighted by Crippen LogP contribution is 2.34. The van der Waals surface area contributed by atoms with E-state index in [1.807, 2.05) is 32.2 Å². The number of esters is 1. The Bertz CT molecular complexity index is 811. The van der Waals surface area contributed by atoms with Gasteiger partial charge in [-0.2, -0.15) is 13.2 Å². The number of ether oxygens (including phenoxy) is 1. The maximum absolute atomic E-state index is 13.1. The summed E-state index contributed by atoms with van der Waals surface area (Å²) >= 11 is 0. The first-order valence-corrected chi connectivity index (χ1v) is 11.8. The maximum Gasteiger partial charge on any atom is 0.397 e. The zero-order chi connectivity index (χ0) is 25.7. The molecule has 1 aliphatic rings. The Morgan fingerprint density at radius 3 is 2.50 bits per heavy atom. The largest absolute Gasteiger partial charge is 0.460 e. The molecule has 192 valence electrons. The molecule has 0 radical (unpaired) electrons. The Kier molecular flexibility index (Phi) is 9.51. The van der Waals surface area contributed by atoms with Gasteiger partial charge in [-0.25, -0.2) is 0 Å². The summed E-state index contributed by atoms with van der Waals surface area (Å²) in [5.74, 6) is -1.46. The highest BCUT2D eigenvalue weighted by molar-refractivity contribution is 5.78. The van der Waals surface area contributed by atoms with Gasteiger partial charge in [-0.1, -0.05) is 13.0 Å². The molecule has 1 saturated heterocycles. The Labute approximate surface area is 200 Å². The molecule has 1 fully saturated rings. The SMILES string of the molecule is C[C@@H]1CC(CCN(C)Cc2ccccn2)CN(C(=O)CC(F)(F)F)C1[C@H](C)OC(=O)C(C)(C)C. The van der Waals surface area contributed by atoms with Crippen molar-refractivity contribution in [1.29, 1.82) is 0 Å². The summed E-state index contributed by atoms with van der Waals surface area (Å²) in [4.78, 5) is 32.9. The molecule has 1 aromatic heterocycles. The number of likely N-dealkylation sites (tertiary alicyclic amines) is 1. The quantitative estimate of drug-likeness (QED) is 0.500. The van der Waals surface area contributed by atoms with E-state index in [2.05, 4.69) is 9.88 Å². The summed E-state index contributed by atoms with van der Waals surface area (Å²) < 4.78 is 44.8. The standard InChI is InChI=1S/C25H38F3N3O3/c1-17-13-19(10-12-30(6)16-20-9-7-8-11-29-20)15-31(21(32)14-25(26,27)28)22(17)18(2)34-23(33)24(3,4)5/h7-9,11,17-19,22H,10,12-16H2,1-6H3/t17-,18+,19?,22?/m1/s1. The number of carbonyl (C=O) groups excluding carboxylic acids is 2. The lowest BCUT2D eigenvalue weighted by molar-refractivity contribution is -0.176. The first-order valence-electron chi connectivity index (χ1n) is 11.8. The highest BCUT2D eigenvalue weighted by Gasteiger charge is 2.44. The minimum absolute atomic E-state index is 0.0557. The van der Waals surface area contributed by atoms with Crippen molar-refractivity contribution in [2.75, 3.05) is 20.1 Å². The Morgan fingerprint density at radius 2 is 1.94 bits per heavy atom. The molecule has 9 heteroatoms. The van der Waals surface area contributed by atoms with Gasteiger partial charge in [-0.3, -0.25) is 14.6 Å². The fourth-order valence-electron chi connectivity index (χ4n) is 4.58. The molecule has 34 heavy (non-hydrogen) atoms. The van der Waals surface area contributed by atoms with E-state index >= 15 is 0 Å². The van der Waals surface area contributed by atoms with Crippen LogP contribution in [0.2, 0.25) is 0 Å². The fourth-order valence-corrected chi connectivity index (χ4v) is 4.58. The van der Waals surface area contributed by atoms with Crippen LogP contribution in [0.15, 0.2) is 24.4 Å². The van der Waals surface area contributed by atoms with Crippen LogP contribution in [0.1, 0.15) is 59.6 Å². The van der Waals surface area contributed by atoms with Gasteiger partial charge < -0.3 is 14.5 Å². The van der Waals surface area contributed by atoms with Crippen LogP contribution in [0.5, 0.6) is 0 Å². The van der Waals surface area contributed by atoms with Crippen molar-refractivity contribution in [2.24, 2.45) is 17.3 Å². The minimum Gasteiger partial charge on any atom is -0.460 e. The normalized spacial score (nSPS) is 22.5. The van der Waals surface area contributed by atoms with Gasteiger partial charge in [0.1, 0.15) is 12.5 Å². The van der Waals surface area contributed by atoms with E-state index in [1.54, 1.807) is 33.9 Å². The van der Waals surface area contributed by atoms with Gasteiger partial charge in [0.25, 0.3) is 0 Å². The second kappa shape index (κ2) is 11.5. The van der Waals surface area contributed by atoms with Gasteiger partial charge in [-0.15, -0.1) is 0 Å². The van der Waals surface area contributed by atoms with E-state index in [0.717, 1.165) is 25.1 Å². The predicted molar refractivity (Wildman–Crippen MR) is 124 cm³/mol. The molecule has 2 heterocycles. The monoisotopic (exact) mass is 485 g/mol. The van der Waals surface area contributed by atoms with Crippen LogP contribution in [0.3, 0.4) is 0 Å². The molecule has 0 aliphatic carbocycles. The van der Waals surface area contributed by atoms with E-state index < -0.39 is 42.0 Å². The van der Waals surface area contributed by atoms with Crippen molar-refractivity contribution < 1.29 is 27.5 Å². The van der Waals surface area contributed by atoms with Gasteiger partial charge >= 0.3 is 12.1 Å². The summed E-state index contributed by atoms with van der Waals surface area (Å²) in [6.07, 6.45) is -3.58. The number of nitrogens with zero attached hydrogens (tertiary/aromatic N) is 3. The van der Waals surface area contributed by atoms with Crippen LogP contribution in [-0.4, -0.2) is 65.1 Å². The molecular weight excluding hydrogens is 447 g/mol. The van der Waals surface area contributed by atoms with Crippen molar-refractivity contribution >= 4 is 11.9 Å². The summed E-state index contributed by atoms with van der Waals surface area (Å²) in [5, 5.41) is 0. The number of pyridine rings is 1. The van der Waals surface area contributed by atoms with E-state index in [1.165, 1.54) is 4.90 Å². The number of piperidine rings is 1. The smallest absolute Gasteiger partial charge is 0.397 e. The number of hydrogen-bond acceptors (Lipinski definition) is 5. The van der Waals surface area contributed by atoms with Crippen molar-refractivity contribution in [3.8, 4) is 0 Å². The van der Waals surface area contributed by atoms with E-state index in [-0.39, 0.29) is 18.4 Å².